The number of amides is 2. The van der Waals surface area contributed by atoms with Crippen molar-refractivity contribution in [3.8, 4) is 5.75 Å². The van der Waals surface area contributed by atoms with Crippen LogP contribution in [-0.2, 0) is 25.6 Å². The molecule has 0 spiro atoms. The summed E-state index contributed by atoms with van der Waals surface area (Å²) in [4.78, 5) is 25.5. The lowest BCUT2D eigenvalue weighted by Crippen LogP contribution is -2.59. The number of rotatable bonds is 10. The van der Waals surface area contributed by atoms with Crippen LogP contribution in [0.25, 0.3) is 0 Å². The van der Waals surface area contributed by atoms with Crippen molar-refractivity contribution >= 4 is 17.7 Å². The SMILES string of the molecule is COc1cccc(NC(=O)NCC2C[C@H]3O[C@H](CO)[C@@H](OC(=O)c4ccc(F)cc4)[C@H](OCc4ccccc4)[C@H]3O2)c1. The lowest BCUT2D eigenvalue weighted by molar-refractivity contribution is -0.233. The molecule has 2 saturated heterocycles. The second-order valence-corrected chi connectivity index (χ2v) is 10.1. The fourth-order valence-corrected chi connectivity index (χ4v) is 5.12. The fourth-order valence-electron chi connectivity index (χ4n) is 5.12. The fraction of sp³-hybridized carbons (Fsp3) is 0.355. The van der Waals surface area contributed by atoms with E-state index in [1.165, 1.54) is 24.3 Å². The molecule has 2 aliphatic rings. The van der Waals surface area contributed by atoms with Gasteiger partial charge < -0.3 is 39.4 Å². The second-order valence-electron chi connectivity index (χ2n) is 10.1. The van der Waals surface area contributed by atoms with E-state index in [0.29, 0.717) is 17.9 Å². The number of hydrogen-bond donors (Lipinski definition) is 3. The molecule has 3 aromatic carbocycles. The van der Waals surface area contributed by atoms with Crippen LogP contribution in [0.4, 0.5) is 14.9 Å². The number of anilines is 1. The number of fused-ring (bicyclic) bond motifs is 1. The monoisotopic (exact) mass is 580 g/mol. The van der Waals surface area contributed by atoms with Gasteiger partial charge in [0.2, 0.25) is 0 Å². The Hall–Kier alpha value is -4.03. The quantitative estimate of drug-likeness (QED) is 0.310. The van der Waals surface area contributed by atoms with E-state index in [9.17, 15) is 19.1 Å². The molecule has 1 unspecified atom stereocenters. The third kappa shape index (κ3) is 7.24. The Morgan fingerprint density at radius 3 is 2.52 bits per heavy atom. The minimum Gasteiger partial charge on any atom is -0.497 e. The number of nitrogens with one attached hydrogen (secondary N) is 2. The number of halogens is 1. The maximum absolute atomic E-state index is 13.4. The predicted octanol–water partition coefficient (Wildman–Crippen LogP) is 3.68. The lowest BCUT2D eigenvalue weighted by Gasteiger charge is -2.42. The van der Waals surface area contributed by atoms with Crippen LogP contribution < -0.4 is 15.4 Å². The molecule has 2 fully saturated rings. The van der Waals surface area contributed by atoms with Crippen LogP contribution in [-0.4, -0.2) is 74.0 Å². The lowest BCUT2D eigenvalue weighted by atomic mass is 9.94. The Balaban J connectivity index is 1.27. The molecule has 6 atom stereocenters. The topological polar surface area (TPSA) is 125 Å². The second kappa shape index (κ2) is 13.8. The molecule has 0 aromatic heterocycles. The number of hydrogen-bond acceptors (Lipinski definition) is 8. The average Bonchev–Trinajstić information content (AvgIpc) is 3.42. The van der Waals surface area contributed by atoms with Gasteiger partial charge in [-0.2, -0.15) is 0 Å². The zero-order valence-electron chi connectivity index (χ0n) is 23.0. The van der Waals surface area contributed by atoms with E-state index in [-0.39, 0.29) is 18.7 Å². The zero-order valence-corrected chi connectivity index (χ0v) is 23.0. The molecule has 0 aliphatic carbocycles. The van der Waals surface area contributed by atoms with Crippen LogP contribution in [0.15, 0.2) is 78.9 Å². The van der Waals surface area contributed by atoms with Crippen LogP contribution in [0.3, 0.4) is 0 Å². The van der Waals surface area contributed by atoms with Crippen molar-refractivity contribution in [2.75, 3.05) is 25.6 Å². The summed E-state index contributed by atoms with van der Waals surface area (Å²) in [5, 5.41) is 15.8. The summed E-state index contributed by atoms with van der Waals surface area (Å²) in [5.41, 5.74) is 1.62. The van der Waals surface area contributed by atoms with Crippen LogP contribution in [0.1, 0.15) is 22.3 Å². The number of urea groups is 1. The molecule has 2 aliphatic heterocycles. The highest BCUT2D eigenvalue weighted by molar-refractivity contribution is 5.90. The molecule has 10 nitrogen and oxygen atoms in total. The van der Waals surface area contributed by atoms with Crippen LogP contribution >= 0.6 is 0 Å². The summed E-state index contributed by atoms with van der Waals surface area (Å²) >= 11 is 0. The minimum absolute atomic E-state index is 0.147. The molecule has 3 N–H and O–H groups in total. The van der Waals surface area contributed by atoms with Crippen molar-refractivity contribution in [3.05, 3.63) is 95.8 Å². The molecular weight excluding hydrogens is 547 g/mol. The summed E-state index contributed by atoms with van der Waals surface area (Å²) in [6.07, 6.45) is -3.81. The zero-order chi connectivity index (χ0) is 29.5. The van der Waals surface area contributed by atoms with Gasteiger partial charge in [0.05, 0.1) is 38.1 Å². The van der Waals surface area contributed by atoms with Gasteiger partial charge in [-0.15, -0.1) is 0 Å². The summed E-state index contributed by atoms with van der Waals surface area (Å²) < 4.78 is 43.1. The first-order valence-corrected chi connectivity index (χ1v) is 13.7. The molecule has 2 amide bonds. The molecule has 0 saturated carbocycles. The van der Waals surface area contributed by atoms with Gasteiger partial charge in [0.15, 0.2) is 6.10 Å². The van der Waals surface area contributed by atoms with E-state index in [0.717, 1.165) is 5.56 Å². The van der Waals surface area contributed by atoms with Crippen molar-refractivity contribution in [2.45, 2.75) is 49.7 Å². The number of aliphatic hydroxyl groups excluding tert-OH is 1. The van der Waals surface area contributed by atoms with Crippen molar-refractivity contribution < 1.29 is 42.8 Å². The number of methoxy groups -OCH3 is 1. The largest absolute Gasteiger partial charge is 0.497 e. The number of carbonyl (C=O) groups is 2. The first-order chi connectivity index (χ1) is 20.4. The Kier molecular flexibility index (Phi) is 9.65. The van der Waals surface area contributed by atoms with E-state index in [1.54, 1.807) is 31.4 Å². The van der Waals surface area contributed by atoms with Gasteiger partial charge in [0.1, 0.15) is 29.9 Å². The number of ether oxygens (including phenoxy) is 5. The molecular formula is C31H33FN2O8. The molecule has 42 heavy (non-hydrogen) atoms. The maximum Gasteiger partial charge on any atom is 0.338 e. The molecule has 5 rings (SSSR count). The number of carbonyl (C=O) groups excluding carboxylic acids is 2. The summed E-state index contributed by atoms with van der Waals surface area (Å²) in [6.45, 7) is -0.0459. The Morgan fingerprint density at radius 1 is 1.00 bits per heavy atom. The Morgan fingerprint density at radius 2 is 1.79 bits per heavy atom. The van der Waals surface area contributed by atoms with Gasteiger partial charge in [0.25, 0.3) is 0 Å². The molecule has 3 aromatic rings. The average molecular weight is 581 g/mol. The van der Waals surface area contributed by atoms with Crippen LogP contribution in [0.5, 0.6) is 5.75 Å². The molecule has 222 valence electrons. The minimum atomic E-state index is -1.01. The first-order valence-electron chi connectivity index (χ1n) is 13.7. The Labute approximate surface area is 242 Å². The number of aliphatic hydroxyl groups is 1. The van der Waals surface area contributed by atoms with Gasteiger partial charge >= 0.3 is 12.0 Å². The van der Waals surface area contributed by atoms with E-state index in [1.807, 2.05) is 30.3 Å². The first kappa shape index (κ1) is 29.5. The third-order valence-corrected chi connectivity index (χ3v) is 7.18. The summed E-state index contributed by atoms with van der Waals surface area (Å²) in [6, 6.07) is 21.0. The van der Waals surface area contributed by atoms with Crippen LogP contribution in [0, 0.1) is 5.82 Å². The number of benzene rings is 3. The van der Waals surface area contributed by atoms with E-state index in [2.05, 4.69) is 10.6 Å². The van der Waals surface area contributed by atoms with E-state index in [4.69, 9.17) is 23.7 Å². The van der Waals surface area contributed by atoms with Gasteiger partial charge in [-0.3, -0.25) is 0 Å². The van der Waals surface area contributed by atoms with Gasteiger partial charge in [-0.05, 0) is 42.0 Å². The van der Waals surface area contributed by atoms with E-state index >= 15 is 0 Å². The Bertz CT molecular complexity index is 1340. The van der Waals surface area contributed by atoms with Gasteiger partial charge in [-0.1, -0.05) is 36.4 Å². The van der Waals surface area contributed by atoms with Gasteiger partial charge in [0, 0.05) is 24.7 Å². The van der Waals surface area contributed by atoms with Crippen LogP contribution in [0.2, 0.25) is 0 Å². The third-order valence-electron chi connectivity index (χ3n) is 7.18. The molecule has 11 heteroatoms. The predicted molar refractivity (Wildman–Crippen MR) is 150 cm³/mol. The smallest absolute Gasteiger partial charge is 0.338 e. The summed E-state index contributed by atoms with van der Waals surface area (Å²) in [5.74, 6) is -0.578. The normalized spacial score (nSPS) is 24.8. The summed E-state index contributed by atoms with van der Waals surface area (Å²) in [7, 11) is 1.55. The maximum atomic E-state index is 13.4. The number of esters is 1. The standard InChI is InChI=1S/C31H33FN2O8/c1-38-23-9-5-8-22(14-23)34-31(37)33-16-24-15-25-27(40-24)29(39-18-19-6-3-2-4-7-19)28(26(17-35)41-25)42-30(36)20-10-12-21(32)13-11-20/h2-14,24-29,35H,15-18H2,1H3,(H2,33,34,37)/t24?,25-,26-,27+,28-,29-/m1/s1. The molecule has 0 radical (unpaired) electrons. The van der Waals surface area contributed by atoms with Crippen molar-refractivity contribution in [2.24, 2.45) is 0 Å². The highest BCUT2D eigenvalue weighted by atomic mass is 19.1. The highest BCUT2D eigenvalue weighted by Gasteiger charge is 2.53. The molecule has 0 bridgehead atoms. The van der Waals surface area contributed by atoms with E-state index < -0.39 is 61.0 Å². The van der Waals surface area contributed by atoms with Crippen molar-refractivity contribution in [3.63, 3.8) is 0 Å². The van der Waals surface area contributed by atoms with Crippen molar-refractivity contribution in [1.82, 2.24) is 5.32 Å². The van der Waals surface area contributed by atoms with Gasteiger partial charge in [-0.25, -0.2) is 14.0 Å². The highest BCUT2D eigenvalue weighted by Crippen LogP contribution is 2.36. The molecule has 2 heterocycles. The van der Waals surface area contributed by atoms with Crippen molar-refractivity contribution in [1.29, 1.82) is 0 Å².